The number of carbonyl (C=O) groups excluding carboxylic acids is 1. The molecule has 0 aliphatic carbocycles. The minimum Gasteiger partial charge on any atom is -0.395 e. The molecular weight excluding hydrogens is 297 g/mol. The predicted octanol–water partition coefficient (Wildman–Crippen LogP) is 3.14. The number of nitrogens with zero attached hydrogens (tertiary/aromatic N) is 2. The molecule has 0 aliphatic rings. The Hall–Kier alpha value is -2.12. The summed E-state index contributed by atoms with van der Waals surface area (Å²) in [5.74, 6) is -1.26. The summed E-state index contributed by atoms with van der Waals surface area (Å²) in [7, 11) is 0. The van der Waals surface area contributed by atoms with Gasteiger partial charge in [0.25, 0.3) is 5.91 Å². The molecule has 2 aromatic heterocycles. The fourth-order valence-corrected chi connectivity index (χ4v) is 1.47. The molecule has 19 heavy (non-hydrogen) atoms. The molecule has 1 N–H and O–H groups in total. The fraction of sp³-hybridized carbons (Fsp3) is 0. The molecule has 2 rings (SSSR count). The van der Waals surface area contributed by atoms with Crippen LogP contribution in [0.2, 0.25) is 10.2 Å². The number of amides is 1. The first-order valence-electron chi connectivity index (χ1n) is 4.85. The normalized spacial score (nSPS) is 10.2. The van der Waals surface area contributed by atoms with Gasteiger partial charge < -0.3 is 9.73 Å². The maximum atomic E-state index is 11.7. The van der Waals surface area contributed by atoms with Gasteiger partial charge in [-0.2, -0.15) is 0 Å². The molecule has 0 saturated carbocycles. The number of nitrogens with one attached hydrogen (secondary N) is 1. The summed E-state index contributed by atoms with van der Waals surface area (Å²) in [6.07, 6.45) is 0. The highest BCUT2D eigenvalue weighted by atomic mass is 35.5. The van der Waals surface area contributed by atoms with Gasteiger partial charge in [0.15, 0.2) is 5.76 Å². The monoisotopic (exact) mass is 301 g/mol. The molecular formula is C10H5Cl2N3O4. The second kappa shape index (κ2) is 5.25. The molecule has 0 fully saturated rings. The van der Waals surface area contributed by atoms with E-state index in [1.54, 1.807) is 0 Å². The Morgan fingerprint density at radius 3 is 2.63 bits per heavy atom. The van der Waals surface area contributed by atoms with E-state index in [0.717, 1.165) is 6.07 Å². The van der Waals surface area contributed by atoms with Gasteiger partial charge in [0, 0.05) is 0 Å². The first-order chi connectivity index (χ1) is 8.97. The molecule has 98 valence electrons. The van der Waals surface area contributed by atoms with Gasteiger partial charge in [0.1, 0.15) is 15.9 Å². The van der Waals surface area contributed by atoms with Gasteiger partial charge in [0.2, 0.25) is 0 Å². The molecule has 0 radical (unpaired) electrons. The van der Waals surface area contributed by atoms with Gasteiger partial charge in [-0.15, -0.1) is 0 Å². The van der Waals surface area contributed by atoms with Crippen molar-refractivity contribution in [3.63, 3.8) is 0 Å². The first-order valence-corrected chi connectivity index (χ1v) is 5.60. The number of halogens is 2. The Kier molecular flexibility index (Phi) is 3.68. The molecule has 0 atom stereocenters. The highest BCUT2D eigenvalue weighted by Gasteiger charge is 2.17. The third kappa shape index (κ3) is 3.01. The largest absolute Gasteiger partial charge is 0.433 e. The lowest BCUT2D eigenvalue weighted by Crippen LogP contribution is -2.12. The van der Waals surface area contributed by atoms with Crippen LogP contribution in [-0.4, -0.2) is 15.8 Å². The van der Waals surface area contributed by atoms with Crippen LogP contribution in [0.15, 0.2) is 28.7 Å². The number of furan rings is 1. The van der Waals surface area contributed by atoms with E-state index < -0.39 is 16.7 Å². The van der Waals surface area contributed by atoms with Gasteiger partial charge in [0.05, 0.1) is 11.1 Å². The third-order valence-electron chi connectivity index (χ3n) is 2.04. The maximum absolute atomic E-state index is 11.7. The number of pyridine rings is 1. The van der Waals surface area contributed by atoms with Crippen LogP contribution >= 0.6 is 23.2 Å². The summed E-state index contributed by atoms with van der Waals surface area (Å²) < 4.78 is 4.74. The lowest BCUT2D eigenvalue weighted by Gasteiger charge is -2.02. The summed E-state index contributed by atoms with van der Waals surface area (Å²) in [5.41, 5.74) is 0. The molecule has 0 unspecified atom stereocenters. The van der Waals surface area contributed by atoms with E-state index in [1.165, 1.54) is 18.2 Å². The van der Waals surface area contributed by atoms with Crippen LogP contribution in [0.1, 0.15) is 10.6 Å². The molecule has 0 aromatic carbocycles. The van der Waals surface area contributed by atoms with Crippen molar-refractivity contribution in [3.05, 3.63) is 50.3 Å². The number of aromatic nitrogens is 1. The molecule has 2 heterocycles. The van der Waals surface area contributed by atoms with E-state index in [-0.39, 0.29) is 21.8 Å². The second-order valence-corrected chi connectivity index (χ2v) is 4.08. The highest BCUT2D eigenvalue weighted by molar-refractivity contribution is 6.41. The number of hydrogen-bond donors (Lipinski definition) is 1. The van der Waals surface area contributed by atoms with Crippen LogP contribution in [0.25, 0.3) is 0 Å². The summed E-state index contributed by atoms with van der Waals surface area (Å²) in [4.78, 5) is 25.2. The van der Waals surface area contributed by atoms with Gasteiger partial charge in [-0.25, -0.2) is 4.98 Å². The summed E-state index contributed by atoms with van der Waals surface area (Å²) in [6.45, 7) is 0. The van der Waals surface area contributed by atoms with Crippen molar-refractivity contribution in [3.8, 4) is 0 Å². The molecule has 2 aromatic rings. The van der Waals surface area contributed by atoms with Gasteiger partial charge >= 0.3 is 5.88 Å². The van der Waals surface area contributed by atoms with Crippen molar-refractivity contribution in [1.82, 2.24) is 4.98 Å². The first kappa shape index (κ1) is 13.3. The molecule has 0 aliphatic heterocycles. The smallest absolute Gasteiger partial charge is 0.395 e. The lowest BCUT2D eigenvalue weighted by atomic mass is 10.4. The standard InChI is InChI=1S/C10H5Cl2N3O4/c11-5-1-3-7(13-9(5)12)14-10(16)6-2-4-8(19-6)15(17)18/h1-4H,(H,13,14,16). The zero-order valence-corrected chi connectivity index (χ0v) is 10.6. The second-order valence-electron chi connectivity index (χ2n) is 3.32. The van der Waals surface area contributed by atoms with E-state index in [4.69, 9.17) is 27.6 Å². The van der Waals surface area contributed by atoms with Crippen molar-refractivity contribution in [2.75, 3.05) is 5.32 Å². The van der Waals surface area contributed by atoms with Crippen molar-refractivity contribution < 1.29 is 14.1 Å². The Morgan fingerprint density at radius 1 is 1.32 bits per heavy atom. The zero-order valence-electron chi connectivity index (χ0n) is 9.09. The quantitative estimate of drug-likeness (QED) is 0.533. The topological polar surface area (TPSA) is 98.3 Å². The Balaban J connectivity index is 2.15. The average Bonchev–Trinajstić information content (AvgIpc) is 2.83. The number of nitro groups is 1. The molecule has 0 spiro atoms. The van der Waals surface area contributed by atoms with E-state index in [9.17, 15) is 14.9 Å². The lowest BCUT2D eigenvalue weighted by molar-refractivity contribution is -0.402. The van der Waals surface area contributed by atoms with Crippen LogP contribution in [-0.2, 0) is 0 Å². The van der Waals surface area contributed by atoms with Crippen molar-refractivity contribution in [2.45, 2.75) is 0 Å². The van der Waals surface area contributed by atoms with Gasteiger partial charge in [-0.3, -0.25) is 14.9 Å². The van der Waals surface area contributed by atoms with Crippen molar-refractivity contribution in [1.29, 1.82) is 0 Å². The van der Waals surface area contributed by atoms with Crippen LogP contribution < -0.4 is 5.32 Å². The average molecular weight is 302 g/mol. The fourth-order valence-electron chi connectivity index (χ4n) is 1.21. The molecule has 0 bridgehead atoms. The Labute approximate surface area is 116 Å². The van der Waals surface area contributed by atoms with E-state index in [0.29, 0.717) is 0 Å². The number of hydrogen-bond acceptors (Lipinski definition) is 5. The third-order valence-corrected chi connectivity index (χ3v) is 2.73. The molecule has 9 heteroatoms. The predicted molar refractivity (Wildman–Crippen MR) is 67.6 cm³/mol. The highest BCUT2D eigenvalue weighted by Crippen LogP contribution is 2.22. The van der Waals surface area contributed by atoms with Gasteiger partial charge in [-0.1, -0.05) is 23.2 Å². The van der Waals surface area contributed by atoms with E-state index in [2.05, 4.69) is 10.3 Å². The Bertz CT molecular complexity index is 656. The molecule has 7 nitrogen and oxygen atoms in total. The van der Waals surface area contributed by atoms with Gasteiger partial charge in [-0.05, 0) is 18.2 Å². The molecule has 1 amide bonds. The zero-order chi connectivity index (χ0) is 14.0. The van der Waals surface area contributed by atoms with Crippen LogP contribution in [0, 0.1) is 10.1 Å². The van der Waals surface area contributed by atoms with Crippen LogP contribution in [0.4, 0.5) is 11.7 Å². The number of rotatable bonds is 3. The summed E-state index contributed by atoms with van der Waals surface area (Å²) in [6, 6.07) is 5.16. The SMILES string of the molecule is O=C(Nc1ccc(Cl)c(Cl)n1)c1ccc([N+](=O)[O-])o1. The minimum atomic E-state index is -0.742. The summed E-state index contributed by atoms with van der Waals surface area (Å²) >= 11 is 11.4. The minimum absolute atomic E-state index is 0.0323. The van der Waals surface area contributed by atoms with Crippen LogP contribution in [0.5, 0.6) is 0 Å². The van der Waals surface area contributed by atoms with Crippen molar-refractivity contribution >= 4 is 40.8 Å². The Morgan fingerprint density at radius 2 is 2.05 bits per heavy atom. The summed E-state index contributed by atoms with van der Waals surface area (Å²) in [5, 5.41) is 13.1. The maximum Gasteiger partial charge on any atom is 0.433 e. The van der Waals surface area contributed by atoms with E-state index >= 15 is 0 Å². The number of anilines is 1. The number of carbonyl (C=O) groups is 1. The van der Waals surface area contributed by atoms with E-state index in [1.807, 2.05) is 0 Å². The van der Waals surface area contributed by atoms with Crippen molar-refractivity contribution in [2.24, 2.45) is 0 Å². The molecule has 0 saturated heterocycles. The van der Waals surface area contributed by atoms with Crippen LogP contribution in [0.3, 0.4) is 0 Å².